The summed E-state index contributed by atoms with van der Waals surface area (Å²) in [6.45, 7) is 0. The van der Waals surface area contributed by atoms with Gasteiger partial charge in [0.1, 0.15) is 43.0 Å². The van der Waals surface area contributed by atoms with Crippen molar-refractivity contribution in [1.29, 1.82) is 10.5 Å². The lowest BCUT2D eigenvalue weighted by Gasteiger charge is -2.07. The fraction of sp³-hybridized carbons (Fsp3) is 0.0741. The van der Waals surface area contributed by atoms with Gasteiger partial charge < -0.3 is 27.3 Å². The number of aromatic amines is 1. The summed E-state index contributed by atoms with van der Waals surface area (Å²) < 4.78 is 154. The molecule has 11 heterocycles. The van der Waals surface area contributed by atoms with E-state index in [-0.39, 0.29) is 17.5 Å². The number of pyridine rings is 7. The third-order valence-corrected chi connectivity index (χ3v) is 12.0. The van der Waals surface area contributed by atoms with Crippen molar-refractivity contribution in [2.45, 2.75) is 24.7 Å². The van der Waals surface area contributed by atoms with E-state index in [2.05, 4.69) is 124 Å². The molecule has 0 saturated carbocycles. The molecule has 38 heteroatoms. The Bertz CT molecular complexity index is 4170. The Balaban J connectivity index is 0.000000186. The van der Waals surface area contributed by atoms with Crippen LogP contribution in [0.25, 0.3) is 17.5 Å². The number of hydrogen-bond donors (Lipinski definition) is 6. The quantitative estimate of drug-likeness (QED) is 0.0206. The van der Waals surface area contributed by atoms with E-state index in [1.807, 2.05) is 18.2 Å². The standard InChI is InChI=1S/C15H12F3N7O.C15H9F3N6.C9H5BrF3N3.C6H3BrF3N.C6H5N3.C3H3BrN2/c16-15(17,18)9-1-4-13(21-7-9)25-6-5-12(23-25)22-10-2-3-11(20-8-10)14(19)24-26;16-15(17,18)10-1-4-14(21-8-10)24-6-5-13(23-24)22-12-3-2-11(7-19)20-9-12;10-7-3-4-16(15-7)8-2-1-6(5-14-8)9(11,12)13;7-5-2-1-4(3-11-5)6(8,9)10;7-3-6-2-1-5(8)4-9-6;4-3-1-2-5-6-3/h1-8,26H,(H2,19,24)(H,22,23);1-6,8-9H,(H,22,23);1-5H;1-3H;1-2,4H,8H2;1-2H,(H,5,6). The number of nitriles is 2. The minimum absolute atomic E-state index is 0.116. The van der Waals surface area contributed by atoms with E-state index in [0.29, 0.717) is 60.8 Å². The zero-order valence-corrected chi connectivity index (χ0v) is 50.4. The molecule has 92 heavy (non-hydrogen) atoms. The van der Waals surface area contributed by atoms with Crippen molar-refractivity contribution in [3.63, 3.8) is 0 Å². The predicted molar refractivity (Wildman–Crippen MR) is 316 cm³/mol. The molecular formula is C54H37Br3F12N22O. The number of halogens is 15. The predicted octanol–water partition coefficient (Wildman–Crippen LogP) is 13.4. The van der Waals surface area contributed by atoms with Crippen LogP contribution in [0.5, 0.6) is 0 Å². The van der Waals surface area contributed by atoms with Crippen molar-refractivity contribution in [2.75, 3.05) is 16.4 Å². The van der Waals surface area contributed by atoms with E-state index in [9.17, 15) is 52.7 Å². The number of amidine groups is 1. The third kappa shape index (κ3) is 22.3. The van der Waals surface area contributed by atoms with Gasteiger partial charge in [-0.15, -0.1) is 10.2 Å². The Kier molecular flexibility index (Phi) is 24.5. The molecule has 8 N–H and O–H groups in total. The molecule has 0 aliphatic heterocycles. The van der Waals surface area contributed by atoms with Gasteiger partial charge in [-0.25, -0.2) is 43.9 Å². The van der Waals surface area contributed by atoms with Gasteiger partial charge in [0.25, 0.3) is 0 Å². The summed E-state index contributed by atoms with van der Waals surface area (Å²) in [5.74, 6) is 1.61. The number of aromatic nitrogens is 15. The van der Waals surface area contributed by atoms with Crippen LogP contribution < -0.4 is 22.1 Å². The highest BCUT2D eigenvalue weighted by Crippen LogP contribution is 2.32. The zero-order chi connectivity index (χ0) is 67.2. The number of hydrogen-bond acceptors (Lipinski definition) is 18. The number of nitrogens with two attached hydrogens (primary N) is 2. The normalized spacial score (nSPS) is 11.2. The highest BCUT2D eigenvalue weighted by molar-refractivity contribution is 9.11. The van der Waals surface area contributed by atoms with Crippen LogP contribution in [-0.4, -0.2) is 85.5 Å². The molecule has 11 rings (SSSR count). The molecule has 0 aromatic carbocycles. The molecule has 11 aromatic heterocycles. The average molecular weight is 1480 g/mol. The van der Waals surface area contributed by atoms with Crippen molar-refractivity contribution in [2.24, 2.45) is 10.9 Å². The zero-order valence-electron chi connectivity index (χ0n) is 45.6. The number of nitrogens with zero attached hydrogens (tertiary/aromatic N) is 17. The molecule has 474 valence electrons. The summed E-state index contributed by atoms with van der Waals surface area (Å²) in [6, 6.07) is 29.0. The van der Waals surface area contributed by atoms with E-state index in [4.69, 9.17) is 27.2 Å². The Morgan fingerprint density at radius 1 is 0.478 bits per heavy atom. The van der Waals surface area contributed by atoms with Gasteiger partial charge in [0.2, 0.25) is 0 Å². The van der Waals surface area contributed by atoms with Crippen LogP contribution >= 0.6 is 47.8 Å². The van der Waals surface area contributed by atoms with Gasteiger partial charge in [-0.3, -0.25) is 10.1 Å². The van der Waals surface area contributed by atoms with Crippen molar-refractivity contribution < 1.29 is 57.9 Å². The van der Waals surface area contributed by atoms with E-state index in [1.54, 1.807) is 79.4 Å². The summed E-state index contributed by atoms with van der Waals surface area (Å²) in [5, 5.41) is 53.0. The van der Waals surface area contributed by atoms with Crippen molar-refractivity contribution in [3.05, 3.63) is 231 Å². The van der Waals surface area contributed by atoms with Gasteiger partial charge in [-0.1, -0.05) is 5.16 Å². The Morgan fingerprint density at radius 3 is 1.21 bits per heavy atom. The minimum Gasteiger partial charge on any atom is -0.409 e. The van der Waals surface area contributed by atoms with Crippen LogP contribution in [0.15, 0.2) is 196 Å². The molecular weight excluding hydrogens is 1440 g/mol. The van der Waals surface area contributed by atoms with Gasteiger partial charge in [0, 0.05) is 61.7 Å². The topological polar surface area (TPSA) is 329 Å². The highest BCUT2D eigenvalue weighted by Gasteiger charge is 2.33. The van der Waals surface area contributed by atoms with Gasteiger partial charge in [-0.2, -0.15) is 73.4 Å². The maximum absolute atomic E-state index is 12.6. The second kappa shape index (κ2) is 32.1. The van der Waals surface area contributed by atoms with Crippen LogP contribution in [-0.2, 0) is 24.7 Å². The molecule has 0 amide bonds. The highest BCUT2D eigenvalue weighted by atomic mass is 79.9. The molecule has 0 spiro atoms. The lowest BCUT2D eigenvalue weighted by atomic mass is 10.3. The minimum atomic E-state index is -4.44. The summed E-state index contributed by atoms with van der Waals surface area (Å²) in [6.07, 6.45) is -3.66. The number of nitrogen functional groups attached to an aromatic ring is 1. The molecule has 0 bridgehead atoms. The largest absolute Gasteiger partial charge is 0.417 e. The van der Waals surface area contributed by atoms with E-state index < -0.39 is 47.0 Å². The fourth-order valence-corrected chi connectivity index (χ4v) is 7.03. The number of oxime groups is 1. The smallest absolute Gasteiger partial charge is 0.409 e. The van der Waals surface area contributed by atoms with Crippen LogP contribution in [0.2, 0.25) is 0 Å². The summed E-state index contributed by atoms with van der Waals surface area (Å²) >= 11 is 9.23. The SMILES string of the molecule is Brc1ccn[nH]1.FC(F)(F)c1ccc(-n2ccc(Br)n2)nc1.FC(F)(F)c1ccc(Br)nc1.N#Cc1ccc(N)cn1.N#Cc1ccc(Nc2ccn(-c3ccc(C(F)(F)F)cn3)n2)cn1.N/C(=N\O)c1ccc(Nc2ccn(-c3ccc(C(F)(F)F)cn3)n2)cn1. The monoisotopic (exact) mass is 1470 g/mol. The number of H-pyrrole nitrogens is 1. The lowest BCUT2D eigenvalue weighted by molar-refractivity contribution is -0.138. The molecule has 0 fully saturated rings. The Hall–Kier alpha value is -10.9. The summed E-state index contributed by atoms with van der Waals surface area (Å²) in [7, 11) is 0. The van der Waals surface area contributed by atoms with Crippen LogP contribution in [0.1, 0.15) is 39.3 Å². The maximum atomic E-state index is 12.6. The Morgan fingerprint density at radius 2 is 0.902 bits per heavy atom. The van der Waals surface area contributed by atoms with Gasteiger partial charge in [0.15, 0.2) is 34.9 Å². The van der Waals surface area contributed by atoms with Gasteiger partial charge in [0.05, 0.1) is 57.9 Å². The summed E-state index contributed by atoms with van der Waals surface area (Å²) in [5.41, 5.74) is 10.4. The van der Waals surface area contributed by atoms with Crippen molar-refractivity contribution in [3.8, 4) is 29.6 Å². The first-order valence-electron chi connectivity index (χ1n) is 24.7. The van der Waals surface area contributed by atoms with Crippen LogP contribution in [0, 0.1) is 22.7 Å². The van der Waals surface area contributed by atoms with E-state index >= 15 is 0 Å². The molecule has 11 aromatic rings. The number of rotatable bonds is 8. The number of anilines is 5. The number of nitrogens with one attached hydrogen (secondary N) is 3. The fourth-order valence-electron chi connectivity index (χ4n) is 6.29. The molecule has 0 saturated heterocycles. The first kappa shape index (κ1) is 70.2. The van der Waals surface area contributed by atoms with Crippen molar-refractivity contribution >= 4 is 82.3 Å². The Labute approximate surface area is 534 Å². The molecule has 0 aliphatic rings. The van der Waals surface area contributed by atoms with Gasteiger partial charge in [-0.05, 0) is 145 Å². The number of alkyl halides is 12. The molecule has 0 unspecified atom stereocenters. The third-order valence-electron chi connectivity index (χ3n) is 10.6. The van der Waals surface area contributed by atoms with E-state index in [0.717, 1.165) is 53.7 Å². The first-order valence-corrected chi connectivity index (χ1v) is 27.1. The van der Waals surface area contributed by atoms with E-state index in [1.165, 1.54) is 56.9 Å². The van der Waals surface area contributed by atoms with Crippen LogP contribution in [0.4, 0.5) is 81.4 Å². The average Bonchev–Trinajstić information content (AvgIpc) is 4.39. The lowest BCUT2D eigenvalue weighted by Crippen LogP contribution is -2.14. The second-order valence-electron chi connectivity index (χ2n) is 17.2. The summed E-state index contributed by atoms with van der Waals surface area (Å²) in [4.78, 5) is 26.3. The second-order valence-corrected chi connectivity index (χ2v) is 19.6. The maximum Gasteiger partial charge on any atom is 0.417 e. The molecule has 0 aliphatic carbocycles. The molecule has 23 nitrogen and oxygen atoms in total. The van der Waals surface area contributed by atoms with Crippen LogP contribution in [0.3, 0.4) is 0 Å². The van der Waals surface area contributed by atoms with Gasteiger partial charge >= 0.3 is 24.7 Å². The molecule has 0 atom stereocenters. The molecule has 0 radical (unpaired) electrons. The van der Waals surface area contributed by atoms with Crippen molar-refractivity contribution in [1.82, 2.24) is 74.4 Å². The first-order chi connectivity index (χ1) is 43.5.